The fraction of sp³-hybridized carbons (Fsp3) is 0.100. The number of pyridine rings is 1. The standard InChI is InChI=1S/C10H9N5O3/c16-10(13-8-2-1-3-11-4-8)6-14-5-9(12-7-14)15(17)18/h1-5,7H,6H2,(H,13,16). The molecule has 0 aliphatic heterocycles. The number of carbonyl (C=O) groups excluding carboxylic acids is 1. The molecule has 0 bridgehead atoms. The van der Waals surface area contributed by atoms with Crippen molar-refractivity contribution in [2.75, 3.05) is 5.32 Å². The van der Waals surface area contributed by atoms with Gasteiger partial charge in [-0.1, -0.05) is 0 Å². The van der Waals surface area contributed by atoms with Crippen LogP contribution in [-0.2, 0) is 11.3 Å². The molecule has 1 amide bonds. The summed E-state index contributed by atoms with van der Waals surface area (Å²) in [4.78, 5) is 28.8. The molecule has 0 atom stereocenters. The summed E-state index contributed by atoms with van der Waals surface area (Å²) < 4.78 is 1.34. The Morgan fingerprint density at radius 1 is 1.56 bits per heavy atom. The summed E-state index contributed by atoms with van der Waals surface area (Å²) in [5.74, 6) is -0.598. The lowest BCUT2D eigenvalue weighted by Crippen LogP contribution is -2.17. The van der Waals surface area contributed by atoms with Crippen molar-refractivity contribution in [3.05, 3.63) is 47.2 Å². The number of anilines is 1. The molecule has 18 heavy (non-hydrogen) atoms. The highest BCUT2D eigenvalue weighted by Gasteiger charge is 2.11. The molecule has 0 spiro atoms. The minimum absolute atomic E-state index is 0.0459. The van der Waals surface area contributed by atoms with Gasteiger partial charge in [-0.3, -0.25) is 9.78 Å². The lowest BCUT2D eigenvalue weighted by molar-refractivity contribution is -0.389. The first-order valence-electron chi connectivity index (χ1n) is 5.01. The second-order valence-corrected chi connectivity index (χ2v) is 3.45. The van der Waals surface area contributed by atoms with E-state index in [1.165, 1.54) is 23.3 Å². The highest BCUT2D eigenvalue weighted by molar-refractivity contribution is 5.90. The molecule has 1 N–H and O–H groups in total. The van der Waals surface area contributed by atoms with Gasteiger partial charge in [0, 0.05) is 6.20 Å². The van der Waals surface area contributed by atoms with Crippen molar-refractivity contribution in [3.63, 3.8) is 0 Å². The van der Waals surface area contributed by atoms with Gasteiger partial charge in [0.2, 0.25) is 12.2 Å². The minimum Gasteiger partial charge on any atom is -0.358 e. The second kappa shape index (κ2) is 5.04. The summed E-state index contributed by atoms with van der Waals surface area (Å²) in [5.41, 5.74) is 0.567. The van der Waals surface area contributed by atoms with Crippen LogP contribution in [0.1, 0.15) is 0 Å². The van der Waals surface area contributed by atoms with Crippen molar-refractivity contribution >= 4 is 17.4 Å². The second-order valence-electron chi connectivity index (χ2n) is 3.45. The Morgan fingerprint density at radius 3 is 3.00 bits per heavy atom. The summed E-state index contributed by atoms with van der Waals surface area (Å²) >= 11 is 0. The molecular formula is C10H9N5O3. The van der Waals surface area contributed by atoms with Gasteiger partial charge in [0.05, 0.1) is 11.9 Å². The maximum Gasteiger partial charge on any atom is 0.381 e. The topological polar surface area (TPSA) is 103 Å². The van der Waals surface area contributed by atoms with E-state index in [-0.39, 0.29) is 18.3 Å². The molecule has 2 heterocycles. The zero-order valence-electron chi connectivity index (χ0n) is 9.18. The Labute approximate surface area is 101 Å². The largest absolute Gasteiger partial charge is 0.381 e. The summed E-state index contributed by atoms with van der Waals surface area (Å²) in [5, 5.41) is 13.0. The summed E-state index contributed by atoms with van der Waals surface area (Å²) in [6.07, 6.45) is 5.53. The van der Waals surface area contributed by atoms with E-state index < -0.39 is 4.92 Å². The van der Waals surface area contributed by atoms with Crippen molar-refractivity contribution < 1.29 is 9.72 Å². The van der Waals surface area contributed by atoms with Crippen LogP contribution in [0.15, 0.2) is 37.1 Å². The Morgan fingerprint density at radius 2 is 2.39 bits per heavy atom. The van der Waals surface area contributed by atoms with Crippen molar-refractivity contribution in [1.82, 2.24) is 14.5 Å². The van der Waals surface area contributed by atoms with Crippen LogP contribution in [0.25, 0.3) is 0 Å². The first-order valence-corrected chi connectivity index (χ1v) is 5.01. The molecule has 0 aliphatic carbocycles. The highest BCUT2D eigenvalue weighted by Crippen LogP contribution is 2.06. The Bertz CT molecular complexity index is 566. The van der Waals surface area contributed by atoms with Crippen LogP contribution in [0.3, 0.4) is 0 Å². The van der Waals surface area contributed by atoms with Gasteiger partial charge in [-0.05, 0) is 22.0 Å². The van der Waals surface area contributed by atoms with Crippen LogP contribution in [0, 0.1) is 10.1 Å². The molecule has 0 saturated heterocycles. The van der Waals surface area contributed by atoms with Gasteiger partial charge in [-0.25, -0.2) is 0 Å². The third-order valence-electron chi connectivity index (χ3n) is 2.08. The van der Waals surface area contributed by atoms with Gasteiger partial charge in [0.15, 0.2) is 0 Å². The lowest BCUT2D eigenvalue weighted by atomic mass is 10.4. The van der Waals surface area contributed by atoms with Gasteiger partial charge >= 0.3 is 5.82 Å². The average molecular weight is 247 g/mol. The maximum atomic E-state index is 11.6. The molecule has 92 valence electrons. The minimum atomic E-state index is -0.616. The number of hydrogen-bond acceptors (Lipinski definition) is 5. The Kier molecular flexibility index (Phi) is 3.28. The van der Waals surface area contributed by atoms with E-state index >= 15 is 0 Å². The Balaban J connectivity index is 1.97. The summed E-state index contributed by atoms with van der Waals surface area (Å²) in [6.45, 7) is -0.0459. The average Bonchev–Trinajstić information content (AvgIpc) is 2.78. The third kappa shape index (κ3) is 2.88. The number of rotatable bonds is 4. The third-order valence-corrected chi connectivity index (χ3v) is 2.08. The molecule has 8 heteroatoms. The molecule has 0 aromatic carbocycles. The molecule has 0 saturated carbocycles. The molecule has 0 fully saturated rings. The number of nitrogens with one attached hydrogen (secondary N) is 1. The van der Waals surface area contributed by atoms with Gasteiger partial charge in [0.25, 0.3) is 0 Å². The van der Waals surface area contributed by atoms with Crippen LogP contribution in [0.2, 0.25) is 0 Å². The van der Waals surface area contributed by atoms with Crippen LogP contribution < -0.4 is 5.32 Å². The number of nitro groups is 1. The fourth-order valence-electron chi connectivity index (χ4n) is 1.33. The first kappa shape index (κ1) is 11.7. The molecule has 0 aliphatic rings. The van der Waals surface area contributed by atoms with E-state index in [1.807, 2.05) is 0 Å². The number of aromatic nitrogens is 3. The summed E-state index contributed by atoms with van der Waals surface area (Å²) in [6, 6.07) is 3.39. The fourth-order valence-corrected chi connectivity index (χ4v) is 1.33. The van der Waals surface area contributed by atoms with E-state index in [2.05, 4.69) is 15.3 Å². The molecule has 0 radical (unpaired) electrons. The van der Waals surface area contributed by atoms with E-state index in [9.17, 15) is 14.9 Å². The zero-order valence-corrected chi connectivity index (χ0v) is 9.18. The highest BCUT2D eigenvalue weighted by atomic mass is 16.6. The predicted molar refractivity (Wildman–Crippen MR) is 61.7 cm³/mol. The van der Waals surface area contributed by atoms with E-state index in [0.717, 1.165) is 0 Å². The molecule has 0 unspecified atom stereocenters. The quantitative estimate of drug-likeness (QED) is 0.636. The van der Waals surface area contributed by atoms with E-state index in [4.69, 9.17) is 0 Å². The SMILES string of the molecule is O=C(Cn1cnc([N+](=O)[O-])c1)Nc1cccnc1. The van der Waals surface area contributed by atoms with Crippen LogP contribution in [-0.4, -0.2) is 25.4 Å². The zero-order chi connectivity index (χ0) is 13.0. The smallest absolute Gasteiger partial charge is 0.358 e. The first-order chi connectivity index (χ1) is 8.65. The number of nitrogens with zero attached hydrogens (tertiary/aromatic N) is 4. The molecule has 2 aromatic heterocycles. The van der Waals surface area contributed by atoms with Gasteiger partial charge in [0.1, 0.15) is 12.7 Å². The van der Waals surface area contributed by atoms with E-state index in [1.54, 1.807) is 18.3 Å². The summed E-state index contributed by atoms with van der Waals surface area (Å²) in [7, 11) is 0. The van der Waals surface area contributed by atoms with Crippen molar-refractivity contribution in [3.8, 4) is 0 Å². The van der Waals surface area contributed by atoms with Crippen molar-refractivity contribution in [2.24, 2.45) is 0 Å². The van der Waals surface area contributed by atoms with Crippen LogP contribution >= 0.6 is 0 Å². The molecule has 2 aromatic rings. The van der Waals surface area contributed by atoms with Crippen LogP contribution in [0.5, 0.6) is 0 Å². The number of hydrogen-bond donors (Lipinski definition) is 1. The normalized spacial score (nSPS) is 10.0. The number of carbonyl (C=O) groups is 1. The predicted octanol–water partition coefficient (Wildman–Crippen LogP) is 0.825. The van der Waals surface area contributed by atoms with Gasteiger partial charge < -0.3 is 20.0 Å². The molecular weight excluding hydrogens is 238 g/mol. The van der Waals surface area contributed by atoms with Crippen molar-refractivity contribution in [2.45, 2.75) is 6.54 Å². The number of imidazole rings is 1. The van der Waals surface area contributed by atoms with Gasteiger partial charge in [-0.2, -0.15) is 0 Å². The lowest BCUT2D eigenvalue weighted by Gasteiger charge is -2.03. The number of amides is 1. The maximum absolute atomic E-state index is 11.6. The van der Waals surface area contributed by atoms with Crippen molar-refractivity contribution in [1.29, 1.82) is 0 Å². The molecule has 8 nitrogen and oxygen atoms in total. The monoisotopic (exact) mass is 247 g/mol. The van der Waals surface area contributed by atoms with Gasteiger partial charge in [-0.15, -0.1) is 0 Å². The van der Waals surface area contributed by atoms with E-state index in [0.29, 0.717) is 5.69 Å². The Hall–Kier alpha value is -2.77. The van der Waals surface area contributed by atoms with Crippen LogP contribution in [0.4, 0.5) is 11.5 Å². The molecule has 2 rings (SSSR count).